The Morgan fingerprint density at radius 3 is 1.58 bits per heavy atom. The number of rotatable bonds is 40. The van der Waals surface area contributed by atoms with Crippen LogP contribution < -0.4 is 5.32 Å². The first-order valence-electron chi connectivity index (χ1n) is 24.5. The van der Waals surface area contributed by atoms with Gasteiger partial charge in [-0.2, -0.15) is 0 Å². The highest BCUT2D eigenvalue weighted by Gasteiger charge is 2.44. The number of amides is 1. The van der Waals surface area contributed by atoms with E-state index in [4.69, 9.17) is 9.47 Å². The van der Waals surface area contributed by atoms with Crippen LogP contribution in [-0.2, 0) is 14.3 Å². The quantitative estimate of drug-likeness (QED) is 0.0264. The minimum atomic E-state index is -1.57. The lowest BCUT2D eigenvalue weighted by molar-refractivity contribution is -0.302. The molecule has 1 aliphatic rings. The third kappa shape index (κ3) is 30.8. The summed E-state index contributed by atoms with van der Waals surface area (Å²) < 4.78 is 11.2. The Hall–Kier alpha value is -2.11. The van der Waals surface area contributed by atoms with Gasteiger partial charge >= 0.3 is 0 Å². The van der Waals surface area contributed by atoms with Gasteiger partial charge in [-0.1, -0.05) is 184 Å². The predicted molar refractivity (Wildman–Crippen MR) is 249 cm³/mol. The molecule has 1 amide bonds. The number of hydrogen-bond donors (Lipinski definition) is 6. The number of nitrogens with one attached hydrogen (secondary N) is 1. The molecule has 0 aliphatic carbocycles. The lowest BCUT2D eigenvalue weighted by Gasteiger charge is -2.40. The summed E-state index contributed by atoms with van der Waals surface area (Å²) in [5.41, 5.74) is 0. The molecule has 1 heterocycles. The van der Waals surface area contributed by atoms with Gasteiger partial charge in [0.2, 0.25) is 5.91 Å². The summed E-state index contributed by atoms with van der Waals surface area (Å²) >= 11 is 0. The van der Waals surface area contributed by atoms with Gasteiger partial charge in [-0.15, -0.1) is 0 Å². The van der Waals surface area contributed by atoms with E-state index >= 15 is 0 Å². The maximum Gasteiger partial charge on any atom is 0.220 e. The summed E-state index contributed by atoms with van der Waals surface area (Å²) in [6.45, 7) is 3.64. The zero-order valence-corrected chi connectivity index (χ0v) is 38.2. The number of unbranched alkanes of at least 4 members (excludes halogenated alkanes) is 22. The molecule has 1 aliphatic heterocycles. The Balaban J connectivity index is 2.33. The van der Waals surface area contributed by atoms with Gasteiger partial charge < -0.3 is 40.3 Å². The minimum Gasteiger partial charge on any atom is -0.394 e. The maximum absolute atomic E-state index is 13.0. The van der Waals surface area contributed by atoms with Crippen molar-refractivity contribution in [3.63, 3.8) is 0 Å². The average molecular weight is 846 g/mol. The monoisotopic (exact) mass is 846 g/mol. The first kappa shape index (κ1) is 55.9. The normalized spacial score (nSPS) is 21.1. The number of carbonyl (C=O) groups excluding carboxylic acids is 1. The van der Waals surface area contributed by atoms with Crippen LogP contribution in [0.25, 0.3) is 0 Å². The molecule has 0 aromatic rings. The van der Waals surface area contributed by atoms with Crippen LogP contribution in [0.5, 0.6) is 0 Å². The Labute approximate surface area is 366 Å². The van der Waals surface area contributed by atoms with Gasteiger partial charge in [-0.05, 0) is 70.6 Å². The first-order chi connectivity index (χ1) is 29.3. The predicted octanol–water partition coefficient (Wildman–Crippen LogP) is 10.8. The molecule has 0 bridgehead atoms. The first-order valence-corrected chi connectivity index (χ1v) is 24.5. The molecule has 7 atom stereocenters. The van der Waals surface area contributed by atoms with E-state index in [0.29, 0.717) is 6.42 Å². The second kappa shape index (κ2) is 40.9. The second-order valence-corrected chi connectivity index (χ2v) is 16.9. The van der Waals surface area contributed by atoms with Gasteiger partial charge in [0, 0.05) is 6.42 Å². The SMILES string of the molecule is CC/C=C\C/C=C\CCCCCCCCCCCCCCCCC(=O)NC(COC1OC(CO)C(O)C(O)C1O)C(O)/C=C/CC/C=C/CC/C=C/CCCCCCCC. The molecule has 1 rings (SSSR count). The number of aliphatic hydroxyl groups excluding tert-OH is 5. The number of carbonyl (C=O) groups is 1. The van der Waals surface area contributed by atoms with Crippen LogP contribution in [0.4, 0.5) is 0 Å². The van der Waals surface area contributed by atoms with Crippen LogP contribution in [0.3, 0.4) is 0 Å². The Bertz CT molecular complexity index is 1120. The van der Waals surface area contributed by atoms with Crippen LogP contribution >= 0.6 is 0 Å². The molecule has 6 N–H and O–H groups in total. The largest absolute Gasteiger partial charge is 0.394 e. The third-order valence-corrected chi connectivity index (χ3v) is 11.3. The van der Waals surface area contributed by atoms with Crippen LogP contribution in [0, 0.1) is 0 Å². The van der Waals surface area contributed by atoms with Crippen molar-refractivity contribution in [3.05, 3.63) is 60.8 Å². The van der Waals surface area contributed by atoms with Crippen LogP contribution in [0.15, 0.2) is 60.8 Å². The topological polar surface area (TPSA) is 149 Å². The average Bonchev–Trinajstić information content (AvgIpc) is 3.25. The fourth-order valence-electron chi connectivity index (χ4n) is 7.40. The van der Waals surface area contributed by atoms with Crippen molar-refractivity contribution < 1.29 is 39.8 Å². The van der Waals surface area contributed by atoms with Crippen LogP contribution in [0.2, 0.25) is 0 Å². The van der Waals surface area contributed by atoms with E-state index in [9.17, 15) is 30.3 Å². The minimum absolute atomic E-state index is 0.193. The fraction of sp³-hybridized carbons (Fsp3) is 0.784. The molecule has 0 aromatic heterocycles. The van der Waals surface area contributed by atoms with Gasteiger partial charge in [-0.3, -0.25) is 4.79 Å². The number of hydrogen-bond acceptors (Lipinski definition) is 8. The van der Waals surface area contributed by atoms with Crippen LogP contribution in [0.1, 0.15) is 200 Å². The lowest BCUT2D eigenvalue weighted by Crippen LogP contribution is -2.60. The third-order valence-electron chi connectivity index (χ3n) is 11.3. The molecule has 348 valence electrons. The van der Waals surface area contributed by atoms with E-state index in [2.05, 4.69) is 67.8 Å². The van der Waals surface area contributed by atoms with Crippen molar-refractivity contribution in [1.82, 2.24) is 5.32 Å². The Kier molecular flexibility index (Phi) is 38.1. The molecule has 1 fully saturated rings. The maximum atomic E-state index is 13.0. The van der Waals surface area contributed by atoms with Crippen molar-refractivity contribution in [3.8, 4) is 0 Å². The van der Waals surface area contributed by atoms with Crippen molar-refractivity contribution in [1.29, 1.82) is 0 Å². The number of ether oxygens (including phenoxy) is 2. The highest BCUT2D eigenvalue weighted by molar-refractivity contribution is 5.76. The van der Waals surface area contributed by atoms with E-state index in [1.165, 1.54) is 116 Å². The highest BCUT2D eigenvalue weighted by atomic mass is 16.7. The van der Waals surface area contributed by atoms with Gasteiger partial charge in [0.15, 0.2) is 6.29 Å². The standard InChI is InChI=1S/C51H91NO8/c1-3-5-7-9-11-13-15-17-19-21-22-23-24-25-27-29-31-33-35-37-39-41-47(55)52-44(43-59-51-50(58)49(57)48(56)46(42-53)60-51)45(54)40-38-36-34-32-30-28-26-20-18-16-14-12-10-8-6-4-2/h5,7,11,13,18,20,30,32,38,40,44-46,48-51,53-54,56-58H,3-4,6,8-10,12,14-17,19,21-29,31,33-37,39,41-43H2,1-2H3,(H,52,55)/b7-5-,13-11-,20-18+,32-30+,40-38+. The fourth-order valence-corrected chi connectivity index (χ4v) is 7.40. The van der Waals surface area contributed by atoms with E-state index in [1.54, 1.807) is 6.08 Å². The zero-order valence-electron chi connectivity index (χ0n) is 38.2. The Morgan fingerprint density at radius 2 is 1.05 bits per heavy atom. The molecule has 0 spiro atoms. The molecule has 1 saturated heterocycles. The number of allylic oxidation sites excluding steroid dienone is 9. The van der Waals surface area contributed by atoms with E-state index in [-0.39, 0.29) is 12.5 Å². The van der Waals surface area contributed by atoms with E-state index < -0.39 is 49.5 Å². The molecule has 9 nitrogen and oxygen atoms in total. The van der Waals surface area contributed by atoms with Crippen LogP contribution in [-0.4, -0.2) is 87.5 Å². The van der Waals surface area contributed by atoms with Gasteiger partial charge in [0.05, 0.1) is 25.4 Å². The molecule has 60 heavy (non-hydrogen) atoms. The summed E-state index contributed by atoms with van der Waals surface area (Å²) in [5.74, 6) is -0.193. The van der Waals surface area contributed by atoms with Crippen molar-refractivity contribution in [2.24, 2.45) is 0 Å². The van der Waals surface area contributed by atoms with Gasteiger partial charge in [0.1, 0.15) is 24.4 Å². The molecular formula is C51H91NO8. The molecular weight excluding hydrogens is 755 g/mol. The van der Waals surface area contributed by atoms with Gasteiger partial charge in [-0.25, -0.2) is 0 Å². The Morgan fingerprint density at radius 1 is 0.583 bits per heavy atom. The van der Waals surface area contributed by atoms with Crippen molar-refractivity contribution in [2.45, 2.75) is 243 Å². The molecule has 0 saturated carbocycles. The highest BCUT2D eigenvalue weighted by Crippen LogP contribution is 2.22. The van der Waals surface area contributed by atoms with Crippen molar-refractivity contribution in [2.75, 3.05) is 13.2 Å². The van der Waals surface area contributed by atoms with E-state index in [1.807, 2.05) is 6.08 Å². The number of aliphatic hydroxyl groups is 5. The van der Waals surface area contributed by atoms with Crippen molar-refractivity contribution >= 4 is 5.91 Å². The molecule has 0 aromatic carbocycles. The molecule has 7 unspecified atom stereocenters. The zero-order chi connectivity index (χ0) is 43.7. The molecule has 0 radical (unpaired) electrons. The summed E-state index contributed by atoms with van der Waals surface area (Å²) in [5, 5.41) is 54.2. The summed E-state index contributed by atoms with van der Waals surface area (Å²) in [6.07, 6.45) is 47.0. The summed E-state index contributed by atoms with van der Waals surface area (Å²) in [7, 11) is 0. The van der Waals surface area contributed by atoms with Gasteiger partial charge in [0.25, 0.3) is 0 Å². The summed E-state index contributed by atoms with van der Waals surface area (Å²) in [6, 6.07) is -0.829. The van der Waals surface area contributed by atoms with E-state index in [0.717, 1.165) is 64.2 Å². The smallest absolute Gasteiger partial charge is 0.220 e. The second-order valence-electron chi connectivity index (χ2n) is 16.9. The lowest BCUT2D eigenvalue weighted by atomic mass is 9.99. The molecule has 9 heteroatoms. The summed E-state index contributed by atoms with van der Waals surface area (Å²) in [4.78, 5) is 13.0.